The van der Waals surface area contributed by atoms with Crippen molar-refractivity contribution in [1.29, 1.82) is 5.26 Å². The minimum Gasteiger partial charge on any atom is -0.464 e. The van der Waals surface area contributed by atoms with E-state index in [1.54, 1.807) is 13.8 Å². The van der Waals surface area contributed by atoms with E-state index in [2.05, 4.69) is 14.7 Å². The Morgan fingerprint density at radius 2 is 1.90 bits per heavy atom. The molecule has 0 spiro atoms. The van der Waals surface area contributed by atoms with Gasteiger partial charge < -0.3 is 15.0 Å². The van der Waals surface area contributed by atoms with E-state index >= 15 is 0 Å². The zero-order chi connectivity index (χ0) is 22.1. The van der Waals surface area contributed by atoms with E-state index in [0.29, 0.717) is 17.2 Å². The second-order valence-electron chi connectivity index (χ2n) is 6.32. The number of carbonyl (C=O) groups is 1. The van der Waals surface area contributed by atoms with E-state index in [-0.39, 0.29) is 27.7 Å². The van der Waals surface area contributed by atoms with Gasteiger partial charge in [0, 0.05) is 23.6 Å². The number of aryl methyl sites for hydroxylation is 2. The third-order valence-electron chi connectivity index (χ3n) is 4.17. The van der Waals surface area contributed by atoms with Crippen molar-refractivity contribution in [1.82, 2.24) is 14.5 Å². The van der Waals surface area contributed by atoms with Crippen molar-refractivity contribution in [2.45, 2.75) is 18.7 Å². The number of hydrogen-bond acceptors (Lipinski definition) is 8. The summed E-state index contributed by atoms with van der Waals surface area (Å²) in [6.45, 7) is 3.40. The van der Waals surface area contributed by atoms with E-state index in [4.69, 9.17) is 10.5 Å². The first-order valence-corrected chi connectivity index (χ1v) is 10.1. The number of nitrogen functional groups attached to an aromatic ring is 1. The molecule has 2 heterocycles. The van der Waals surface area contributed by atoms with Crippen LogP contribution in [0.1, 0.15) is 27.6 Å². The number of esters is 1. The van der Waals surface area contributed by atoms with Gasteiger partial charge in [-0.1, -0.05) is 0 Å². The number of nitrogens with one attached hydrogen (secondary N) is 1. The number of benzene rings is 1. The van der Waals surface area contributed by atoms with Crippen LogP contribution in [0.2, 0.25) is 0 Å². The number of anilines is 2. The maximum Gasteiger partial charge on any atom is 0.357 e. The number of nitrogens with zero attached hydrogens (tertiary/aromatic N) is 4. The molecule has 1 aromatic carbocycles. The molecule has 0 amide bonds. The highest BCUT2D eigenvalue weighted by Gasteiger charge is 2.22. The van der Waals surface area contributed by atoms with E-state index in [1.165, 1.54) is 48.2 Å². The molecule has 3 rings (SSSR count). The van der Waals surface area contributed by atoms with Crippen LogP contribution in [-0.4, -0.2) is 36.0 Å². The fourth-order valence-corrected chi connectivity index (χ4v) is 3.86. The predicted octanol–water partition coefficient (Wildman–Crippen LogP) is 1.93. The summed E-state index contributed by atoms with van der Waals surface area (Å²) < 4.78 is 33.9. The highest BCUT2D eigenvalue weighted by Crippen LogP contribution is 2.25. The Morgan fingerprint density at radius 1 is 1.23 bits per heavy atom. The number of nitriles is 1. The van der Waals surface area contributed by atoms with Crippen molar-refractivity contribution in [2.75, 3.05) is 17.6 Å². The highest BCUT2D eigenvalue weighted by atomic mass is 32.2. The molecule has 0 unspecified atom stereocenters. The molecule has 3 aromatic rings. The van der Waals surface area contributed by atoms with Crippen LogP contribution in [0.3, 0.4) is 0 Å². The number of hydrogen-bond donors (Lipinski definition) is 2. The normalized spacial score (nSPS) is 11.0. The monoisotopic (exact) mass is 426 g/mol. The molecule has 0 aliphatic rings. The minimum atomic E-state index is -3.90. The number of ether oxygens (including phenoxy) is 1. The lowest BCUT2D eigenvalue weighted by Gasteiger charge is -2.11. The summed E-state index contributed by atoms with van der Waals surface area (Å²) in [5.41, 5.74) is 7.00. The predicted molar refractivity (Wildman–Crippen MR) is 109 cm³/mol. The van der Waals surface area contributed by atoms with Crippen LogP contribution in [0.4, 0.5) is 11.5 Å². The second-order valence-corrected chi connectivity index (χ2v) is 8.00. The second kappa shape index (κ2) is 7.84. The third-order valence-corrected chi connectivity index (χ3v) is 5.54. The Bertz CT molecular complexity index is 1250. The van der Waals surface area contributed by atoms with Crippen molar-refractivity contribution in [3.8, 4) is 11.8 Å². The van der Waals surface area contributed by atoms with Crippen molar-refractivity contribution in [2.24, 2.45) is 0 Å². The number of methoxy groups -OCH3 is 1. The van der Waals surface area contributed by atoms with Gasteiger partial charge in [0.2, 0.25) is 0 Å². The van der Waals surface area contributed by atoms with Crippen molar-refractivity contribution in [3.63, 3.8) is 0 Å². The van der Waals surface area contributed by atoms with Gasteiger partial charge in [0.25, 0.3) is 10.0 Å². The number of sulfonamides is 1. The molecular weight excluding hydrogens is 408 g/mol. The number of nitrogens with two attached hydrogens (primary N) is 1. The van der Waals surface area contributed by atoms with Crippen molar-refractivity contribution in [3.05, 3.63) is 59.3 Å². The maximum atomic E-state index is 12.7. The quantitative estimate of drug-likeness (QED) is 0.587. The number of aromatic nitrogens is 3. The van der Waals surface area contributed by atoms with Gasteiger partial charge >= 0.3 is 5.97 Å². The number of carbonyl (C=O) groups excluding carboxylic acids is 1. The Labute approximate surface area is 173 Å². The lowest BCUT2D eigenvalue weighted by molar-refractivity contribution is 0.0593. The van der Waals surface area contributed by atoms with Gasteiger partial charge in [-0.05, 0) is 38.1 Å². The van der Waals surface area contributed by atoms with E-state index in [0.717, 1.165) is 0 Å². The SMILES string of the molecule is COC(=O)c1c(N)c(C#N)cn1-c1ccc(S(=O)(=O)Nc2cc(C)nc(C)n2)cc1. The lowest BCUT2D eigenvalue weighted by atomic mass is 10.2. The molecule has 2 aromatic heterocycles. The molecule has 0 bridgehead atoms. The fraction of sp³-hybridized carbons (Fsp3) is 0.158. The average molecular weight is 426 g/mol. The maximum absolute atomic E-state index is 12.7. The molecule has 0 saturated heterocycles. The summed E-state index contributed by atoms with van der Waals surface area (Å²) >= 11 is 0. The molecule has 0 atom stereocenters. The standard InChI is InChI=1S/C19H18N6O4S/c1-11-8-16(23-12(2)22-11)24-30(27,28)15-6-4-14(5-7-15)25-10-13(9-20)17(21)18(25)19(26)29-3/h4-8,10H,21H2,1-3H3,(H,22,23,24). The van der Waals surface area contributed by atoms with Crippen LogP contribution in [0.25, 0.3) is 5.69 Å². The highest BCUT2D eigenvalue weighted by molar-refractivity contribution is 7.92. The van der Waals surface area contributed by atoms with Crippen LogP contribution < -0.4 is 10.5 Å². The first kappa shape index (κ1) is 20.8. The summed E-state index contributed by atoms with van der Waals surface area (Å²) in [6.07, 6.45) is 1.38. The summed E-state index contributed by atoms with van der Waals surface area (Å²) in [5.74, 6) is -0.118. The molecule has 0 radical (unpaired) electrons. The molecule has 30 heavy (non-hydrogen) atoms. The van der Waals surface area contributed by atoms with Gasteiger partial charge in [0.15, 0.2) is 5.69 Å². The summed E-state index contributed by atoms with van der Waals surface area (Å²) in [4.78, 5) is 20.3. The van der Waals surface area contributed by atoms with Gasteiger partial charge in [0.1, 0.15) is 17.7 Å². The zero-order valence-corrected chi connectivity index (χ0v) is 17.2. The van der Waals surface area contributed by atoms with E-state index in [9.17, 15) is 18.5 Å². The average Bonchev–Trinajstić information content (AvgIpc) is 3.02. The van der Waals surface area contributed by atoms with Gasteiger partial charge in [-0.15, -0.1) is 0 Å². The summed E-state index contributed by atoms with van der Waals surface area (Å²) in [7, 11) is -2.71. The largest absolute Gasteiger partial charge is 0.464 e. The van der Waals surface area contributed by atoms with Crippen LogP contribution >= 0.6 is 0 Å². The summed E-state index contributed by atoms with van der Waals surface area (Å²) in [6, 6.07) is 9.12. The smallest absolute Gasteiger partial charge is 0.357 e. The van der Waals surface area contributed by atoms with E-state index in [1.807, 2.05) is 6.07 Å². The minimum absolute atomic E-state index is 0.0135. The Hall–Kier alpha value is -3.91. The molecule has 154 valence electrons. The molecule has 11 heteroatoms. The van der Waals surface area contributed by atoms with Gasteiger partial charge in [-0.3, -0.25) is 4.72 Å². The van der Waals surface area contributed by atoms with Crippen LogP contribution in [0, 0.1) is 25.2 Å². The topological polar surface area (TPSA) is 153 Å². The Balaban J connectivity index is 1.97. The Morgan fingerprint density at radius 3 is 2.47 bits per heavy atom. The van der Waals surface area contributed by atoms with Gasteiger partial charge in [-0.25, -0.2) is 23.2 Å². The van der Waals surface area contributed by atoms with Gasteiger partial charge in [-0.2, -0.15) is 5.26 Å². The Kier molecular flexibility index (Phi) is 5.44. The first-order chi connectivity index (χ1) is 14.2. The van der Waals surface area contributed by atoms with E-state index < -0.39 is 16.0 Å². The molecule has 10 nitrogen and oxygen atoms in total. The van der Waals surface area contributed by atoms with Gasteiger partial charge in [0.05, 0.1) is 23.3 Å². The summed E-state index contributed by atoms with van der Waals surface area (Å²) in [5, 5.41) is 9.19. The fourth-order valence-electron chi connectivity index (χ4n) is 2.87. The molecule has 0 fully saturated rings. The third kappa shape index (κ3) is 3.94. The van der Waals surface area contributed by atoms with Crippen LogP contribution in [0.15, 0.2) is 41.4 Å². The van der Waals surface area contributed by atoms with Crippen LogP contribution in [-0.2, 0) is 14.8 Å². The number of rotatable bonds is 5. The first-order valence-electron chi connectivity index (χ1n) is 8.61. The lowest BCUT2D eigenvalue weighted by Crippen LogP contribution is -2.15. The molecule has 3 N–H and O–H groups in total. The molecule has 0 aliphatic carbocycles. The molecule has 0 saturated carbocycles. The zero-order valence-electron chi connectivity index (χ0n) is 16.4. The van der Waals surface area contributed by atoms with Crippen LogP contribution in [0.5, 0.6) is 0 Å². The molecule has 0 aliphatic heterocycles. The van der Waals surface area contributed by atoms with Crippen molar-refractivity contribution < 1.29 is 17.9 Å². The molecular formula is C19H18N6O4S. The van der Waals surface area contributed by atoms with Crippen molar-refractivity contribution >= 4 is 27.5 Å².